The second kappa shape index (κ2) is 7.46. The summed E-state index contributed by atoms with van der Waals surface area (Å²) >= 11 is 1.69. The molecule has 0 N–H and O–H groups in total. The van der Waals surface area contributed by atoms with Gasteiger partial charge in [-0.15, -0.1) is 23.7 Å². The predicted molar refractivity (Wildman–Crippen MR) is 83.2 cm³/mol. The van der Waals surface area contributed by atoms with Gasteiger partial charge in [-0.1, -0.05) is 13.8 Å². The van der Waals surface area contributed by atoms with Crippen LogP contribution in [0.2, 0.25) is 0 Å². The highest BCUT2D eigenvalue weighted by atomic mass is 35.5. The van der Waals surface area contributed by atoms with Gasteiger partial charge in [0.05, 0.1) is 11.9 Å². The van der Waals surface area contributed by atoms with Crippen LogP contribution in [0.5, 0.6) is 0 Å². The largest absolute Gasteiger partial charge is 0.321 e. The van der Waals surface area contributed by atoms with Gasteiger partial charge in [-0.05, 0) is 31.4 Å². The Bertz CT molecular complexity index is 558. The Morgan fingerprint density at radius 3 is 2.84 bits per heavy atom. The maximum atomic E-state index is 4.66. The zero-order chi connectivity index (χ0) is 13.0. The Hall–Kier alpha value is -1.13. The van der Waals surface area contributed by atoms with Gasteiger partial charge in [-0.3, -0.25) is 4.98 Å². The molecule has 0 spiro atoms. The summed E-state index contributed by atoms with van der Waals surface area (Å²) in [7, 11) is 0. The van der Waals surface area contributed by atoms with E-state index in [-0.39, 0.29) is 12.4 Å². The van der Waals surface area contributed by atoms with Gasteiger partial charge in [0.25, 0.3) is 0 Å². The van der Waals surface area contributed by atoms with Crippen molar-refractivity contribution in [1.82, 2.24) is 9.55 Å². The lowest BCUT2D eigenvalue weighted by atomic mass is 10.1. The molecule has 5 heteroatoms. The lowest BCUT2D eigenvalue weighted by molar-refractivity contribution is 0.505. The first kappa shape index (κ1) is 15.9. The molecule has 0 radical (unpaired) electrons. The van der Waals surface area contributed by atoms with E-state index in [1.165, 1.54) is 12.1 Å². The number of thiazole rings is 1. The predicted octanol–water partition coefficient (Wildman–Crippen LogP) is 3.95. The number of halogens is 1. The summed E-state index contributed by atoms with van der Waals surface area (Å²) in [5.74, 6) is 0.711. The normalized spacial score (nSPS) is 11.7. The highest BCUT2D eigenvalue weighted by Gasteiger charge is 2.02. The Kier molecular flexibility index (Phi) is 6.25. The first-order valence-electron chi connectivity index (χ1n) is 6.26. The molecule has 0 bridgehead atoms. The fraction of sp³-hybridized carbons (Fsp3) is 0.429. The molecule has 0 unspecified atom stereocenters. The monoisotopic (exact) mass is 297 g/mol. The topological polar surface area (TPSA) is 30.2 Å². The molecule has 0 saturated heterocycles. The van der Waals surface area contributed by atoms with Gasteiger partial charge in [-0.2, -0.15) is 0 Å². The van der Waals surface area contributed by atoms with Crippen molar-refractivity contribution >= 4 is 29.4 Å². The quantitative estimate of drug-likeness (QED) is 0.840. The number of aryl methyl sites for hydroxylation is 1. The van der Waals surface area contributed by atoms with Gasteiger partial charge < -0.3 is 4.57 Å². The van der Waals surface area contributed by atoms with Crippen molar-refractivity contribution in [1.29, 1.82) is 0 Å². The maximum absolute atomic E-state index is 4.66. The van der Waals surface area contributed by atoms with Crippen LogP contribution in [0.3, 0.4) is 0 Å². The summed E-state index contributed by atoms with van der Waals surface area (Å²) in [6.07, 6.45) is 4.74. The Balaban J connectivity index is 0.00000180. The molecular weight excluding hydrogens is 278 g/mol. The van der Waals surface area contributed by atoms with Gasteiger partial charge in [0.1, 0.15) is 0 Å². The lowest BCUT2D eigenvalue weighted by Crippen LogP contribution is -2.17. The van der Waals surface area contributed by atoms with E-state index in [0.717, 1.165) is 17.0 Å². The zero-order valence-corrected chi connectivity index (χ0v) is 13.2. The van der Waals surface area contributed by atoms with Crippen LogP contribution in [0, 0.1) is 12.8 Å². The standard InChI is InChI=1S/C14H19N3S.ClH/c1-11(2)6-8-17-12(3)10-18-14(17)16-13-5-4-7-15-9-13;/h4-5,7,9-11H,6,8H2,1-3H3;1H. The number of aromatic nitrogens is 2. The molecule has 2 rings (SSSR count). The summed E-state index contributed by atoms with van der Waals surface area (Å²) in [5.41, 5.74) is 2.20. The summed E-state index contributed by atoms with van der Waals surface area (Å²) in [5, 5.41) is 2.16. The summed E-state index contributed by atoms with van der Waals surface area (Å²) in [6.45, 7) is 7.67. The third-order valence-electron chi connectivity index (χ3n) is 2.79. The average molecular weight is 298 g/mol. The first-order chi connectivity index (χ1) is 8.66. The third kappa shape index (κ3) is 4.48. The molecule has 0 saturated carbocycles. The fourth-order valence-electron chi connectivity index (χ4n) is 1.69. The number of rotatable bonds is 4. The van der Waals surface area contributed by atoms with Crippen molar-refractivity contribution in [2.75, 3.05) is 0 Å². The summed E-state index contributed by atoms with van der Waals surface area (Å²) < 4.78 is 2.29. The van der Waals surface area contributed by atoms with Gasteiger partial charge in [0, 0.05) is 23.8 Å². The van der Waals surface area contributed by atoms with Crippen LogP contribution in [-0.4, -0.2) is 9.55 Å². The molecule has 0 aromatic carbocycles. The zero-order valence-electron chi connectivity index (χ0n) is 11.5. The second-order valence-corrected chi connectivity index (χ2v) is 5.65. The molecule has 0 aliphatic rings. The van der Waals surface area contributed by atoms with Crippen molar-refractivity contribution < 1.29 is 0 Å². The molecule has 2 heterocycles. The molecule has 19 heavy (non-hydrogen) atoms. The van der Waals surface area contributed by atoms with Crippen LogP contribution in [-0.2, 0) is 6.54 Å². The van der Waals surface area contributed by atoms with E-state index in [9.17, 15) is 0 Å². The van der Waals surface area contributed by atoms with Crippen molar-refractivity contribution in [3.63, 3.8) is 0 Å². The van der Waals surface area contributed by atoms with Gasteiger partial charge >= 0.3 is 0 Å². The molecule has 0 amide bonds. The van der Waals surface area contributed by atoms with Gasteiger partial charge in [-0.25, -0.2) is 4.99 Å². The highest BCUT2D eigenvalue weighted by Crippen LogP contribution is 2.10. The van der Waals surface area contributed by atoms with Crippen LogP contribution >= 0.6 is 23.7 Å². The van der Waals surface area contributed by atoms with Crippen molar-refractivity contribution in [3.05, 3.63) is 40.4 Å². The molecular formula is C14H20ClN3S. The minimum absolute atomic E-state index is 0. The molecule has 104 valence electrons. The van der Waals surface area contributed by atoms with Crippen LogP contribution in [0.1, 0.15) is 26.0 Å². The van der Waals surface area contributed by atoms with Crippen LogP contribution < -0.4 is 4.80 Å². The second-order valence-electron chi connectivity index (χ2n) is 4.82. The molecule has 0 fully saturated rings. The number of pyridine rings is 1. The first-order valence-corrected chi connectivity index (χ1v) is 7.14. The van der Waals surface area contributed by atoms with Gasteiger partial charge in [0.15, 0.2) is 4.80 Å². The Labute approximate surface area is 124 Å². The van der Waals surface area contributed by atoms with E-state index in [4.69, 9.17) is 0 Å². The van der Waals surface area contributed by atoms with Crippen molar-refractivity contribution in [2.45, 2.75) is 33.7 Å². The SMILES string of the molecule is Cc1csc(=Nc2cccnc2)n1CCC(C)C.Cl. The van der Waals surface area contributed by atoms with Gasteiger partial charge in [0.2, 0.25) is 0 Å². The minimum Gasteiger partial charge on any atom is -0.321 e. The molecule has 0 atom stereocenters. The fourth-order valence-corrected chi connectivity index (χ4v) is 2.62. The summed E-state index contributed by atoms with van der Waals surface area (Å²) in [6, 6.07) is 3.90. The van der Waals surface area contributed by atoms with Crippen LogP contribution in [0.15, 0.2) is 34.9 Å². The van der Waals surface area contributed by atoms with Crippen LogP contribution in [0.25, 0.3) is 0 Å². The van der Waals surface area contributed by atoms with E-state index in [1.54, 1.807) is 23.7 Å². The lowest BCUT2D eigenvalue weighted by Gasteiger charge is -2.08. The van der Waals surface area contributed by atoms with E-state index in [1.807, 2.05) is 12.1 Å². The molecule has 2 aromatic heterocycles. The summed E-state index contributed by atoms with van der Waals surface area (Å²) in [4.78, 5) is 9.81. The average Bonchev–Trinajstić information content (AvgIpc) is 2.69. The highest BCUT2D eigenvalue weighted by molar-refractivity contribution is 7.07. The molecule has 2 aromatic rings. The molecule has 0 aliphatic carbocycles. The smallest absolute Gasteiger partial charge is 0.190 e. The minimum atomic E-state index is 0. The third-order valence-corrected chi connectivity index (χ3v) is 3.77. The van der Waals surface area contributed by atoms with Crippen molar-refractivity contribution in [3.8, 4) is 0 Å². The number of hydrogen-bond acceptors (Lipinski definition) is 3. The van der Waals surface area contributed by atoms with Crippen molar-refractivity contribution in [2.24, 2.45) is 10.9 Å². The number of hydrogen-bond donors (Lipinski definition) is 0. The Morgan fingerprint density at radius 1 is 1.42 bits per heavy atom. The molecule has 0 aliphatic heterocycles. The van der Waals surface area contributed by atoms with E-state index >= 15 is 0 Å². The van der Waals surface area contributed by atoms with E-state index in [2.05, 4.69) is 40.7 Å². The molecule has 3 nitrogen and oxygen atoms in total. The van der Waals surface area contributed by atoms with E-state index < -0.39 is 0 Å². The maximum Gasteiger partial charge on any atom is 0.190 e. The van der Waals surface area contributed by atoms with Crippen LogP contribution in [0.4, 0.5) is 5.69 Å². The number of nitrogens with zero attached hydrogens (tertiary/aromatic N) is 3. The van der Waals surface area contributed by atoms with E-state index in [0.29, 0.717) is 5.92 Å². The Morgan fingerprint density at radius 2 is 2.21 bits per heavy atom.